The van der Waals surface area contributed by atoms with E-state index in [2.05, 4.69) is 20.7 Å². The molecule has 0 saturated carbocycles. The van der Waals surface area contributed by atoms with Gasteiger partial charge in [-0.25, -0.2) is 8.42 Å². The minimum absolute atomic E-state index is 0.127. The first kappa shape index (κ1) is 14.2. The van der Waals surface area contributed by atoms with Crippen molar-refractivity contribution in [3.05, 3.63) is 28.7 Å². The summed E-state index contributed by atoms with van der Waals surface area (Å²) < 4.78 is 29.0. The van der Waals surface area contributed by atoms with Gasteiger partial charge in [0.15, 0.2) is 9.84 Å². The number of carbonyl (C=O) groups is 1. The molecule has 6 heteroatoms. The SMILES string of the molecule is CCOC(=O)CCS(=O)(=O)c1ccccc1Br. The molecule has 0 radical (unpaired) electrons. The van der Waals surface area contributed by atoms with Gasteiger partial charge in [-0.1, -0.05) is 12.1 Å². The molecule has 0 aliphatic rings. The predicted molar refractivity (Wildman–Crippen MR) is 67.4 cm³/mol. The lowest BCUT2D eigenvalue weighted by Gasteiger charge is -2.06. The molecule has 17 heavy (non-hydrogen) atoms. The summed E-state index contributed by atoms with van der Waals surface area (Å²) in [5, 5.41) is 0. The summed E-state index contributed by atoms with van der Waals surface area (Å²) in [6.45, 7) is 1.94. The van der Waals surface area contributed by atoms with E-state index in [1.807, 2.05) is 0 Å². The van der Waals surface area contributed by atoms with Gasteiger partial charge in [-0.2, -0.15) is 0 Å². The highest BCUT2D eigenvalue weighted by atomic mass is 79.9. The van der Waals surface area contributed by atoms with Gasteiger partial charge in [-0.15, -0.1) is 0 Å². The van der Waals surface area contributed by atoms with Crippen molar-refractivity contribution in [2.45, 2.75) is 18.2 Å². The van der Waals surface area contributed by atoms with Crippen molar-refractivity contribution in [1.29, 1.82) is 0 Å². The van der Waals surface area contributed by atoms with Crippen LogP contribution in [0.2, 0.25) is 0 Å². The van der Waals surface area contributed by atoms with Gasteiger partial charge in [-0.05, 0) is 35.0 Å². The summed E-state index contributed by atoms with van der Waals surface area (Å²) in [6.07, 6.45) is -0.127. The third-order valence-corrected chi connectivity index (χ3v) is 4.77. The molecule has 0 saturated heterocycles. The molecule has 94 valence electrons. The van der Waals surface area contributed by atoms with Crippen molar-refractivity contribution in [3.8, 4) is 0 Å². The van der Waals surface area contributed by atoms with Gasteiger partial charge in [0.1, 0.15) is 0 Å². The molecule has 1 aromatic rings. The van der Waals surface area contributed by atoms with E-state index >= 15 is 0 Å². The number of ether oxygens (including phenoxy) is 1. The van der Waals surface area contributed by atoms with Crippen LogP contribution < -0.4 is 0 Å². The normalized spacial score (nSPS) is 11.2. The Morgan fingerprint density at radius 2 is 2.00 bits per heavy atom. The Hall–Kier alpha value is -0.880. The first-order chi connectivity index (χ1) is 7.97. The Bertz CT molecular complexity index is 496. The van der Waals surface area contributed by atoms with E-state index in [4.69, 9.17) is 0 Å². The van der Waals surface area contributed by atoms with Gasteiger partial charge in [0.2, 0.25) is 0 Å². The van der Waals surface area contributed by atoms with E-state index in [0.717, 1.165) is 0 Å². The molecule has 0 fully saturated rings. The van der Waals surface area contributed by atoms with Crippen molar-refractivity contribution < 1.29 is 17.9 Å². The molecule has 0 amide bonds. The van der Waals surface area contributed by atoms with Crippen molar-refractivity contribution >= 4 is 31.7 Å². The zero-order valence-corrected chi connectivity index (χ0v) is 11.8. The fourth-order valence-corrected chi connectivity index (χ4v) is 3.59. The minimum atomic E-state index is -3.45. The largest absolute Gasteiger partial charge is 0.466 e. The molecule has 0 aliphatic carbocycles. The van der Waals surface area contributed by atoms with Gasteiger partial charge < -0.3 is 4.74 Å². The van der Waals surface area contributed by atoms with Gasteiger partial charge in [0.25, 0.3) is 0 Å². The van der Waals surface area contributed by atoms with Crippen molar-refractivity contribution in [2.24, 2.45) is 0 Å². The maximum Gasteiger partial charge on any atom is 0.306 e. The molecule has 1 aromatic carbocycles. The summed E-state index contributed by atoms with van der Waals surface area (Å²) in [6, 6.07) is 6.53. The van der Waals surface area contributed by atoms with Crippen LogP contribution in [-0.4, -0.2) is 26.7 Å². The standard InChI is InChI=1S/C11H13BrO4S/c1-2-16-11(13)7-8-17(14,15)10-6-4-3-5-9(10)12/h3-6H,2,7-8H2,1H3. The summed E-state index contributed by atoms with van der Waals surface area (Å²) in [7, 11) is -3.45. The Labute approximate surface area is 109 Å². The molecule has 0 bridgehead atoms. The highest BCUT2D eigenvalue weighted by Crippen LogP contribution is 2.22. The van der Waals surface area contributed by atoms with Gasteiger partial charge in [-0.3, -0.25) is 4.79 Å². The van der Waals surface area contributed by atoms with Crippen molar-refractivity contribution in [3.63, 3.8) is 0 Å². The summed E-state index contributed by atoms with van der Waals surface area (Å²) in [4.78, 5) is 11.3. The first-order valence-electron chi connectivity index (χ1n) is 5.10. The smallest absolute Gasteiger partial charge is 0.306 e. The van der Waals surface area contributed by atoms with E-state index < -0.39 is 15.8 Å². The van der Waals surface area contributed by atoms with Crippen LogP contribution in [0, 0.1) is 0 Å². The second-order valence-corrected chi connectivity index (χ2v) is 6.24. The lowest BCUT2D eigenvalue weighted by Crippen LogP contribution is -2.13. The number of esters is 1. The van der Waals surface area contributed by atoms with E-state index in [1.54, 1.807) is 25.1 Å². The number of halogens is 1. The molecule has 0 spiro atoms. The van der Waals surface area contributed by atoms with Gasteiger partial charge in [0.05, 0.1) is 23.7 Å². The van der Waals surface area contributed by atoms with Crippen LogP contribution in [0.1, 0.15) is 13.3 Å². The lowest BCUT2D eigenvalue weighted by atomic mass is 10.4. The van der Waals surface area contributed by atoms with E-state index in [-0.39, 0.29) is 23.7 Å². The molecule has 0 aromatic heterocycles. The average molecular weight is 321 g/mol. The summed E-state index contributed by atoms with van der Waals surface area (Å²) in [5.74, 6) is -0.739. The molecule has 0 atom stereocenters. The fraction of sp³-hybridized carbons (Fsp3) is 0.364. The van der Waals surface area contributed by atoms with Crippen molar-refractivity contribution in [1.82, 2.24) is 0 Å². The van der Waals surface area contributed by atoms with E-state index in [0.29, 0.717) is 4.47 Å². The van der Waals surface area contributed by atoms with Gasteiger partial charge in [0, 0.05) is 4.47 Å². The number of sulfone groups is 1. The van der Waals surface area contributed by atoms with Crippen LogP contribution in [0.3, 0.4) is 0 Å². The Morgan fingerprint density at radius 3 is 2.59 bits per heavy atom. The molecule has 0 unspecified atom stereocenters. The fourth-order valence-electron chi connectivity index (χ4n) is 1.26. The number of hydrogen-bond acceptors (Lipinski definition) is 4. The zero-order valence-electron chi connectivity index (χ0n) is 9.35. The highest BCUT2D eigenvalue weighted by molar-refractivity contribution is 9.10. The average Bonchev–Trinajstić information content (AvgIpc) is 2.27. The third-order valence-electron chi connectivity index (χ3n) is 2.05. The second-order valence-electron chi connectivity index (χ2n) is 3.30. The molecule has 0 N–H and O–H groups in total. The maximum atomic E-state index is 11.9. The summed E-state index contributed by atoms with van der Waals surface area (Å²) >= 11 is 3.17. The quantitative estimate of drug-likeness (QED) is 0.780. The summed E-state index contributed by atoms with van der Waals surface area (Å²) in [5.41, 5.74) is 0. The van der Waals surface area contributed by atoms with E-state index in [1.165, 1.54) is 6.07 Å². The van der Waals surface area contributed by atoms with Crippen LogP contribution in [0.25, 0.3) is 0 Å². The number of carbonyl (C=O) groups excluding carboxylic acids is 1. The minimum Gasteiger partial charge on any atom is -0.466 e. The molecule has 1 rings (SSSR count). The second kappa shape index (κ2) is 6.16. The monoisotopic (exact) mass is 320 g/mol. The number of hydrogen-bond donors (Lipinski definition) is 0. The molecule has 4 nitrogen and oxygen atoms in total. The highest BCUT2D eigenvalue weighted by Gasteiger charge is 2.19. The number of benzene rings is 1. The van der Waals surface area contributed by atoms with E-state index in [9.17, 15) is 13.2 Å². The van der Waals surface area contributed by atoms with Gasteiger partial charge >= 0.3 is 5.97 Å². The van der Waals surface area contributed by atoms with Crippen LogP contribution in [0.4, 0.5) is 0 Å². The Balaban J connectivity index is 2.77. The predicted octanol–water partition coefficient (Wildman–Crippen LogP) is 2.18. The Morgan fingerprint density at radius 1 is 1.35 bits per heavy atom. The Kier molecular flexibility index (Phi) is 5.14. The zero-order chi connectivity index (χ0) is 12.9. The molecular formula is C11H13BrO4S. The van der Waals surface area contributed by atoms with Crippen LogP contribution >= 0.6 is 15.9 Å². The lowest BCUT2D eigenvalue weighted by molar-refractivity contribution is -0.142. The molecular weight excluding hydrogens is 308 g/mol. The first-order valence-corrected chi connectivity index (χ1v) is 7.55. The topological polar surface area (TPSA) is 60.4 Å². The molecule has 0 aliphatic heterocycles. The molecule has 0 heterocycles. The number of rotatable bonds is 5. The van der Waals surface area contributed by atoms with Crippen LogP contribution in [0.15, 0.2) is 33.6 Å². The van der Waals surface area contributed by atoms with Crippen LogP contribution in [-0.2, 0) is 19.4 Å². The van der Waals surface area contributed by atoms with Crippen molar-refractivity contribution in [2.75, 3.05) is 12.4 Å². The van der Waals surface area contributed by atoms with Crippen LogP contribution in [0.5, 0.6) is 0 Å². The third kappa shape index (κ3) is 4.12. The maximum absolute atomic E-state index is 11.9.